The van der Waals surface area contributed by atoms with Gasteiger partial charge >= 0.3 is 0 Å². The van der Waals surface area contributed by atoms with E-state index in [1.807, 2.05) is 23.7 Å². The maximum absolute atomic E-state index is 4.33. The summed E-state index contributed by atoms with van der Waals surface area (Å²) in [6, 6.07) is 10.5. The molecule has 0 spiro atoms. The fourth-order valence-corrected chi connectivity index (χ4v) is 2.29. The Morgan fingerprint density at radius 2 is 2.13 bits per heavy atom. The second-order valence-electron chi connectivity index (χ2n) is 3.40. The standard InChI is InChI=1S/C13H13NS/c1-2-12(13-14-8-9-15-13)10-11-6-4-3-5-7-11/h2-9,12H,1,10H2/t12-/m0/s1. The summed E-state index contributed by atoms with van der Waals surface area (Å²) in [6.45, 7) is 3.88. The normalized spacial score (nSPS) is 12.3. The molecule has 0 bridgehead atoms. The van der Waals surface area contributed by atoms with E-state index < -0.39 is 0 Å². The summed E-state index contributed by atoms with van der Waals surface area (Å²) in [5.74, 6) is 0.340. The van der Waals surface area contributed by atoms with Crippen molar-refractivity contribution in [3.05, 3.63) is 65.1 Å². The monoisotopic (exact) mass is 215 g/mol. The van der Waals surface area contributed by atoms with Crippen molar-refractivity contribution in [1.82, 2.24) is 4.98 Å². The zero-order chi connectivity index (χ0) is 10.5. The maximum atomic E-state index is 4.33. The largest absolute Gasteiger partial charge is 0.249 e. The topological polar surface area (TPSA) is 12.9 Å². The summed E-state index contributed by atoms with van der Waals surface area (Å²) >= 11 is 1.69. The van der Waals surface area contributed by atoms with E-state index in [1.54, 1.807) is 11.3 Å². The van der Waals surface area contributed by atoms with E-state index in [4.69, 9.17) is 0 Å². The third-order valence-electron chi connectivity index (χ3n) is 2.35. The van der Waals surface area contributed by atoms with Crippen molar-refractivity contribution >= 4 is 11.3 Å². The van der Waals surface area contributed by atoms with Gasteiger partial charge in [-0.15, -0.1) is 17.9 Å². The van der Waals surface area contributed by atoms with Crippen molar-refractivity contribution in [2.75, 3.05) is 0 Å². The molecule has 0 aliphatic rings. The van der Waals surface area contributed by atoms with E-state index in [2.05, 4.69) is 35.8 Å². The second-order valence-corrected chi connectivity index (χ2v) is 4.33. The smallest absolute Gasteiger partial charge is 0.0996 e. The van der Waals surface area contributed by atoms with Crippen LogP contribution in [-0.2, 0) is 6.42 Å². The summed E-state index contributed by atoms with van der Waals surface area (Å²) in [5.41, 5.74) is 1.33. The first-order valence-corrected chi connectivity index (χ1v) is 5.84. The maximum Gasteiger partial charge on any atom is 0.0996 e. The molecule has 76 valence electrons. The quantitative estimate of drug-likeness (QED) is 0.709. The van der Waals surface area contributed by atoms with Gasteiger partial charge < -0.3 is 0 Å². The third-order valence-corrected chi connectivity index (χ3v) is 3.26. The van der Waals surface area contributed by atoms with Crippen molar-refractivity contribution < 1.29 is 0 Å². The SMILES string of the molecule is C=C[C@@H](Cc1ccccc1)c1nccs1. The average molecular weight is 215 g/mol. The van der Waals surface area contributed by atoms with Crippen LogP contribution in [0.25, 0.3) is 0 Å². The summed E-state index contributed by atoms with van der Waals surface area (Å²) in [4.78, 5) is 4.33. The first-order chi connectivity index (χ1) is 7.40. The molecular formula is C13H13NS. The number of nitrogens with zero attached hydrogens (tertiary/aromatic N) is 1. The molecule has 2 aromatic rings. The molecule has 0 saturated carbocycles. The van der Waals surface area contributed by atoms with Gasteiger partial charge in [0.1, 0.15) is 0 Å². The van der Waals surface area contributed by atoms with Crippen molar-refractivity contribution in [3.63, 3.8) is 0 Å². The van der Waals surface area contributed by atoms with Gasteiger partial charge in [-0.05, 0) is 12.0 Å². The molecule has 1 aromatic heterocycles. The lowest BCUT2D eigenvalue weighted by Gasteiger charge is -2.08. The van der Waals surface area contributed by atoms with Crippen LogP contribution in [0.5, 0.6) is 0 Å². The summed E-state index contributed by atoms with van der Waals surface area (Å²) in [7, 11) is 0. The molecule has 0 aliphatic heterocycles. The molecule has 0 aliphatic carbocycles. The zero-order valence-electron chi connectivity index (χ0n) is 8.47. The number of thiazole rings is 1. The van der Waals surface area contributed by atoms with Gasteiger partial charge in [-0.1, -0.05) is 36.4 Å². The van der Waals surface area contributed by atoms with Crippen LogP contribution in [0.1, 0.15) is 16.5 Å². The number of benzene rings is 1. The Morgan fingerprint density at radius 1 is 1.33 bits per heavy atom. The molecule has 0 saturated heterocycles. The average Bonchev–Trinajstić information content (AvgIpc) is 2.81. The van der Waals surface area contributed by atoms with E-state index in [0.717, 1.165) is 11.4 Å². The first-order valence-electron chi connectivity index (χ1n) is 4.96. The Labute approximate surface area is 94.1 Å². The Kier molecular flexibility index (Phi) is 3.30. The van der Waals surface area contributed by atoms with E-state index >= 15 is 0 Å². The fourth-order valence-electron chi connectivity index (χ4n) is 1.56. The summed E-state index contributed by atoms with van der Waals surface area (Å²) in [6.07, 6.45) is 4.81. The molecule has 2 heteroatoms. The second kappa shape index (κ2) is 4.89. The first kappa shape index (κ1) is 10.1. The van der Waals surface area contributed by atoms with E-state index in [-0.39, 0.29) is 0 Å². The Hall–Kier alpha value is -1.41. The van der Waals surface area contributed by atoms with Crippen LogP contribution >= 0.6 is 11.3 Å². The number of rotatable bonds is 4. The molecule has 1 atom stereocenters. The summed E-state index contributed by atoms with van der Waals surface area (Å²) in [5, 5.41) is 3.16. The summed E-state index contributed by atoms with van der Waals surface area (Å²) < 4.78 is 0. The highest BCUT2D eigenvalue weighted by molar-refractivity contribution is 7.09. The minimum absolute atomic E-state index is 0.340. The highest BCUT2D eigenvalue weighted by Crippen LogP contribution is 2.23. The van der Waals surface area contributed by atoms with E-state index in [1.165, 1.54) is 5.56 Å². The minimum atomic E-state index is 0.340. The molecule has 2 rings (SSSR count). The molecule has 1 aromatic carbocycles. The van der Waals surface area contributed by atoms with Crippen LogP contribution in [0, 0.1) is 0 Å². The van der Waals surface area contributed by atoms with Crippen LogP contribution in [0.15, 0.2) is 54.6 Å². The number of hydrogen-bond donors (Lipinski definition) is 0. The number of aromatic nitrogens is 1. The molecule has 1 heterocycles. The van der Waals surface area contributed by atoms with Crippen LogP contribution in [-0.4, -0.2) is 4.98 Å². The molecule has 0 N–H and O–H groups in total. The van der Waals surface area contributed by atoms with Crippen molar-refractivity contribution in [2.45, 2.75) is 12.3 Å². The third kappa shape index (κ3) is 2.54. The predicted molar refractivity (Wildman–Crippen MR) is 65.2 cm³/mol. The highest BCUT2D eigenvalue weighted by Gasteiger charge is 2.10. The van der Waals surface area contributed by atoms with Crippen molar-refractivity contribution in [2.24, 2.45) is 0 Å². The minimum Gasteiger partial charge on any atom is -0.249 e. The number of hydrogen-bond acceptors (Lipinski definition) is 2. The van der Waals surface area contributed by atoms with Gasteiger partial charge in [-0.25, -0.2) is 4.98 Å². The Balaban J connectivity index is 2.13. The predicted octanol–water partition coefficient (Wildman–Crippen LogP) is 3.66. The van der Waals surface area contributed by atoms with Crippen molar-refractivity contribution in [1.29, 1.82) is 0 Å². The molecule has 15 heavy (non-hydrogen) atoms. The molecule has 0 fully saturated rings. The van der Waals surface area contributed by atoms with Gasteiger partial charge in [-0.3, -0.25) is 0 Å². The molecule has 1 nitrogen and oxygen atoms in total. The van der Waals surface area contributed by atoms with Gasteiger partial charge in [0.25, 0.3) is 0 Å². The van der Waals surface area contributed by atoms with Crippen molar-refractivity contribution in [3.8, 4) is 0 Å². The van der Waals surface area contributed by atoms with E-state index in [9.17, 15) is 0 Å². The van der Waals surface area contributed by atoms with E-state index in [0.29, 0.717) is 5.92 Å². The molecule has 0 radical (unpaired) electrons. The Bertz CT molecular complexity index is 405. The molecular weight excluding hydrogens is 202 g/mol. The van der Waals surface area contributed by atoms with Crippen LogP contribution < -0.4 is 0 Å². The van der Waals surface area contributed by atoms with Gasteiger partial charge in [0.2, 0.25) is 0 Å². The van der Waals surface area contributed by atoms with Crippen LogP contribution in [0.3, 0.4) is 0 Å². The molecule has 0 amide bonds. The zero-order valence-corrected chi connectivity index (χ0v) is 9.28. The van der Waals surface area contributed by atoms with Gasteiger partial charge in [0.15, 0.2) is 0 Å². The van der Waals surface area contributed by atoms with Crippen LogP contribution in [0.4, 0.5) is 0 Å². The molecule has 0 unspecified atom stereocenters. The fraction of sp³-hybridized carbons (Fsp3) is 0.154. The lowest BCUT2D eigenvalue weighted by molar-refractivity contribution is 0.827. The highest BCUT2D eigenvalue weighted by atomic mass is 32.1. The van der Waals surface area contributed by atoms with Gasteiger partial charge in [0.05, 0.1) is 5.01 Å². The van der Waals surface area contributed by atoms with Gasteiger partial charge in [-0.2, -0.15) is 0 Å². The van der Waals surface area contributed by atoms with Gasteiger partial charge in [0, 0.05) is 17.5 Å². The lowest BCUT2D eigenvalue weighted by atomic mass is 10.0. The number of allylic oxidation sites excluding steroid dienone is 1. The lowest BCUT2D eigenvalue weighted by Crippen LogP contribution is -1.98. The Morgan fingerprint density at radius 3 is 2.73 bits per heavy atom. The van der Waals surface area contributed by atoms with Crippen LogP contribution in [0.2, 0.25) is 0 Å².